The fourth-order valence-electron chi connectivity index (χ4n) is 4.28. The van der Waals surface area contributed by atoms with Crippen molar-refractivity contribution in [2.45, 2.75) is 0 Å². The van der Waals surface area contributed by atoms with Crippen molar-refractivity contribution in [3.63, 3.8) is 0 Å². The van der Waals surface area contributed by atoms with Gasteiger partial charge in [0.25, 0.3) is 0 Å². The molecule has 5 rings (SSSR count). The summed E-state index contributed by atoms with van der Waals surface area (Å²) in [5.74, 6) is 0.831. The van der Waals surface area contributed by atoms with Crippen LogP contribution in [0, 0.1) is 0 Å². The summed E-state index contributed by atoms with van der Waals surface area (Å²) in [6, 6.07) is 52.1. The molecule has 3 nitrogen and oxygen atoms in total. The number of benzene rings is 5. The summed E-state index contributed by atoms with van der Waals surface area (Å²) in [4.78, 5) is 0. The molecule has 0 unspecified atom stereocenters. The van der Waals surface area contributed by atoms with E-state index in [9.17, 15) is 0 Å². The van der Waals surface area contributed by atoms with Gasteiger partial charge in [-0.15, -0.1) is 0 Å². The molecule has 0 radical (unpaired) electrons. The van der Waals surface area contributed by atoms with Gasteiger partial charge in [0.2, 0.25) is 0 Å². The molecule has 0 heterocycles. The molecule has 0 amide bonds. The average Bonchev–Trinajstić information content (AvgIpc) is 2.92. The predicted molar refractivity (Wildman–Crippen MR) is 150 cm³/mol. The molecule has 35 heavy (non-hydrogen) atoms. The third kappa shape index (κ3) is 4.91. The highest BCUT2D eigenvalue weighted by Gasteiger charge is 2.53. The van der Waals surface area contributed by atoms with E-state index in [1.807, 2.05) is 54.6 Å². The molecule has 0 aliphatic heterocycles. The Morgan fingerprint density at radius 1 is 0.400 bits per heavy atom. The Labute approximate surface area is 208 Å². The minimum atomic E-state index is -2.63. The average molecular weight is 476 g/mol. The standard InChI is InChI=1S/C31H28N2OP/c1-35(34-31-25-15-6-16-26-31,32(27-17-7-2-8-18-27)28-19-9-3-10-20-28)33(29-21-11-4-12-22-29)30-23-13-5-14-24-30/h2-26H,1H3/q+1. The van der Waals surface area contributed by atoms with Crippen LogP contribution in [-0.2, 0) is 0 Å². The van der Waals surface area contributed by atoms with Crippen LogP contribution >= 0.6 is 7.79 Å². The third-order valence-electron chi connectivity index (χ3n) is 5.77. The molecule has 0 N–H and O–H groups in total. The third-order valence-corrected chi connectivity index (χ3v) is 8.73. The first kappa shape index (κ1) is 22.7. The van der Waals surface area contributed by atoms with Crippen LogP contribution in [0.3, 0.4) is 0 Å². The highest BCUT2D eigenvalue weighted by atomic mass is 31.2. The van der Waals surface area contributed by atoms with Crippen LogP contribution in [0.2, 0.25) is 0 Å². The first-order chi connectivity index (χ1) is 17.3. The van der Waals surface area contributed by atoms with Gasteiger partial charge < -0.3 is 4.52 Å². The monoisotopic (exact) mass is 475 g/mol. The van der Waals surface area contributed by atoms with Gasteiger partial charge in [-0.25, -0.2) is 0 Å². The topological polar surface area (TPSA) is 15.7 Å². The number of rotatable bonds is 8. The van der Waals surface area contributed by atoms with Crippen LogP contribution in [-0.4, -0.2) is 6.66 Å². The van der Waals surface area contributed by atoms with Crippen LogP contribution in [0.15, 0.2) is 152 Å². The van der Waals surface area contributed by atoms with E-state index in [0.29, 0.717) is 0 Å². The lowest BCUT2D eigenvalue weighted by Crippen LogP contribution is -2.34. The summed E-state index contributed by atoms with van der Waals surface area (Å²) < 4.78 is 11.8. The summed E-state index contributed by atoms with van der Waals surface area (Å²) in [7, 11) is -2.63. The van der Waals surface area contributed by atoms with E-state index in [0.717, 1.165) is 28.5 Å². The first-order valence-corrected chi connectivity index (χ1v) is 13.7. The van der Waals surface area contributed by atoms with Gasteiger partial charge in [0.05, 0.1) is 22.7 Å². The molecule has 0 atom stereocenters. The smallest absolute Gasteiger partial charge is 0.301 e. The van der Waals surface area contributed by atoms with Gasteiger partial charge in [-0.3, -0.25) is 0 Å². The number of para-hydroxylation sites is 5. The largest absolute Gasteiger partial charge is 0.387 e. The molecular weight excluding hydrogens is 447 g/mol. The molecule has 0 aliphatic carbocycles. The zero-order valence-corrected chi connectivity index (χ0v) is 20.6. The Bertz CT molecular complexity index is 1160. The Kier molecular flexibility index (Phi) is 6.79. The molecule has 5 aromatic rings. The second kappa shape index (κ2) is 10.5. The first-order valence-electron chi connectivity index (χ1n) is 11.7. The van der Waals surface area contributed by atoms with E-state index in [4.69, 9.17) is 4.52 Å². The fourth-order valence-corrected chi connectivity index (χ4v) is 7.39. The molecule has 0 saturated carbocycles. The van der Waals surface area contributed by atoms with Crippen molar-refractivity contribution >= 4 is 30.5 Å². The van der Waals surface area contributed by atoms with E-state index < -0.39 is 7.79 Å². The molecular formula is C31H28N2OP+. The van der Waals surface area contributed by atoms with Gasteiger partial charge in [0, 0.05) is 0 Å². The Morgan fingerprint density at radius 3 is 0.943 bits per heavy atom. The highest BCUT2D eigenvalue weighted by Crippen LogP contribution is 2.69. The summed E-state index contributed by atoms with van der Waals surface area (Å²) in [6.45, 7) is 2.24. The van der Waals surface area contributed by atoms with Crippen molar-refractivity contribution in [2.24, 2.45) is 0 Å². The summed E-state index contributed by atoms with van der Waals surface area (Å²) in [5, 5.41) is 0. The minimum absolute atomic E-state index is 0.831. The number of hydrogen-bond acceptors (Lipinski definition) is 3. The normalized spacial score (nSPS) is 11.0. The van der Waals surface area contributed by atoms with Crippen molar-refractivity contribution in [1.29, 1.82) is 0 Å². The highest BCUT2D eigenvalue weighted by molar-refractivity contribution is 7.74. The van der Waals surface area contributed by atoms with Crippen molar-refractivity contribution in [3.05, 3.63) is 152 Å². The molecule has 5 aromatic carbocycles. The van der Waals surface area contributed by atoms with E-state index in [1.165, 1.54) is 0 Å². The Balaban J connectivity index is 1.79. The molecule has 0 aliphatic rings. The number of hydrogen-bond donors (Lipinski definition) is 0. The second-order valence-electron chi connectivity index (χ2n) is 8.21. The maximum absolute atomic E-state index is 7.11. The fraction of sp³-hybridized carbons (Fsp3) is 0.0323. The lowest BCUT2D eigenvalue weighted by molar-refractivity contribution is 0.596. The lowest BCUT2D eigenvalue weighted by Gasteiger charge is -2.40. The van der Waals surface area contributed by atoms with Crippen LogP contribution in [0.5, 0.6) is 5.75 Å². The van der Waals surface area contributed by atoms with E-state index in [1.54, 1.807) is 0 Å². The SMILES string of the molecule is C[P+](Oc1ccccc1)(N(c1ccccc1)c1ccccc1)N(c1ccccc1)c1ccccc1. The lowest BCUT2D eigenvalue weighted by atomic mass is 10.3. The second-order valence-corrected chi connectivity index (χ2v) is 10.9. The van der Waals surface area contributed by atoms with E-state index in [2.05, 4.69) is 113 Å². The molecule has 0 bridgehead atoms. The molecule has 0 fully saturated rings. The van der Waals surface area contributed by atoms with Gasteiger partial charge in [0.1, 0.15) is 6.66 Å². The van der Waals surface area contributed by atoms with Crippen molar-refractivity contribution in [1.82, 2.24) is 0 Å². The van der Waals surface area contributed by atoms with Crippen molar-refractivity contribution in [3.8, 4) is 5.75 Å². The van der Waals surface area contributed by atoms with Crippen LogP contribution in [0.4, 0.5) is 22.7 Å². The molecule has 0 spiro atoms. The van der Waals surface area contributed by atoms with Crippen molar-refractivity contribution in [2.75, 3.05) is 16.0 Å². The molecule has 4 heteroatoms. The van der Waals surface area contributed by atoms with Crippen LogP contribution in [0.25, 0.3) is 0 Å². The van der Waals surface area contributed by atoms with Gasteiger partial charge in [-0.05, 0) is 60.7 Å². The van der Waals surface area contributed by atoms with Gasteiger partial charge in [0.15, 0.2) is 5.75 Å². The molecule has 0 saturated heterocycles. The van der Waals surface area contributed by atoms with E-state index in [-0.39, 0.29) is 0 Å². The zero-order valence-electron chi connectivity index (χ0n) is 19.7. The zero-order chi connectivity index (χ0) is 23.9. The number of nitrogens with zero attached hydrogens (tertiary/aromatic N) is 2. The maximum atomic E-state index is 7.11. The van der Waals surface area contributed by atoms with E-state index >= 15 is 0 Å². The quantitative estimate of drug-likeness (QED) is 0.208. The van der Waals surface area contributed by atoms with Gasteiger partial charge in [-0.1, -0.05) is 91.0 Å². The Morgan fingerprint density at radius 2 is 0.657 bits per heavy atom. The van der Waals surface area contributed by atoms with Crippen LogP contribution < -0.4 is 13.9 Å². The molecule has 0 aromatic heterocycles. The molecule has 172 valence electrons. The summed E-state index contributed by atoms with van der Waals surface area (Å²) in [6.07, 6.45) is 0. The minimum Gasteiger partial charge on any atom is -0.301 e. The van der Waals surface area contributed by atoms with Crippen LogP contribution in [0.1, 0.15) is 0 Å². The maximum Gasteiger partial charge on any atom is 0.387 e. The van der Waals surface area contributed by atoms with Gasteiger partial charge >= 0.3 is 7.79 Å². The number of anilines is 4. The van der Waals surface area contributed by atoms with Gasteiger partial charge in [-0.2, -0.15) is 9.34 Å². The summed E-state index contributed by atoms with van der Waals surface area (Å²) in [5.41, 5.74) is 4.29. The Hall–Kier alpha value is -4.07. The summed E-state index contributed by atoms with van der Waals surface area (Å²) >= 11 is 0. The van der Waals surface area contributed by atoms with Crippen molar-refractivity contribution < 1.29 is 4.52 Å². The predicted octanol–water partition coefficient (Wildman–Crippen LogP) is 9.13.